The fourth-order valence-electron chi connectivity index (χ4n) is 3.68. The molecule has 0 radical (unpaired) electrons. The van der Waals surface area contributed by atoms with Crippen molar-refractivity contribution in [2.45, 2.75) is 76.9 Å². The molecule has 17 heavy (non-hydrogen) atoms. The van der Waals surface area contributed by atoms with E-state index in [0.29, 0.717) is 5.92 Å². The van der Waals surface area contributed by atoms with Gasteiger partial charge in [0.2, 0.25) is 0 Å². The van der Waals surface area contributed by atoms with Crippen molar-refractivity contribution in [2.24, 2.45) is 5.92 Å². The molecule has 0 aromatic rings. The maximum Gasteiger partial charge on any atom is 0.0746 e. The van der Waals surface area contributed by atoms with Gasteiger partial charge in [-0.05, 0) is 58.5 Å². The van der Waals surface area contributed by atoms with Crippen molar-refractivity contribution >= 4 is 0 Å². The van der Waals surface area contributed by atoms with Crippen LogP contribution in [-0.4, -0.2) is 34.7 Å². The highest BCUT2D eigenvalue weighted by molar-refractivity contribution is 4.94. The van der Waals surface area contributed by atoms with Crippen molar-refractivity contribution in [1.29, 1.82) is 0 Å². The summed E-state index contributed by atoms with van der Waals surface area (Å²) in [5.74, 6) is 0.542. The third-order valence-electron chi connectivity index (χ3n) is 4.99. The summed E-state index contributed by atoms with van der Waals surface area (Å²) in [7, 11) is 0. The Bertz CT molecular complexity index is 227. The summed E-state index contributed by atoms with van der Waals surface area (Å²) < 4.78 is 0. The number of aliphatic hydroxyl groups is 1. The first kappa shape index (κ1) is 13.4. The lowest BCUT2D eigenvalue weighted by Crippen LogP contribution is -2.56. The first-order valence-electron chi connectivity index (χ1n) is 7.55. The number of piperidine rings is 1. The summed E-state index contributed by atoms with van der Waals surface area (Å²) >= 11 is 0. The molecule has 1 heterocycles. The molecule has 0 bridgehead atoms. The van der Waals surface area contributed by atoms with Crippen molar-refractivity contribution in [3.05, 3.63) is 0 Å². The maximum absolute atomic E-state index is 10.7. The number of aliphatic hydroxyl groups excluding tert-OH is 1. The Morgan fingerprint density at radius 3 is 2.06 bits per heavy atom. The highest BCUT2D eigenvalue weighted by Crippen LogP contribution is 2.34. The minimum absolute atomic E-state index is 0.0254. The predicted octanol–water partition coefficient (Wildman–Crippen LogP) is 3.19. The van der Waals surface area contributed by atoms with Crippen molar-refractivity contribution in [3.63, 3.8) is 0 Å². The zero-order valence-electron chi connectivity index (χ0n) is 11.6. The molecule has 100 valence electrons. The number of hydrogen-bond donors (Lipinski definition) is 1. The van der Waals surface area contributed by atoms with Gasteiger partial charge in [-0.25, -0.2) is 0 Å². The smallest absolute Gasteiger partial charge is 0.0746 e. The standard InChI is InChI=1S/C15H29NO/c1-15(2,16-11-7-4-8-12-16)14(17)13-9-5-3-6-10-13/h13-14,17H,3-12H2,1-2H3. The zero-order chi connectivity index (χ0) is 12.3. The largest absolute Gasteiger partial charge is 0.391 e. The Balaban J connectivity index is 1.96. The number of nitrogens with zero attached hydrogens (tertiary/aromatic N) is 1. The molecule has 1 aliphatic carbocycles. The second kappa shape index (κ2) is 5.71. The van der Waals surface area contributed by atoms with Crippen molar-refractivity contribution in [1.82, 2.24) is 4.90 Å². The van der Waals surface area contributed by atoms with Crippen LogP contribution in [0.2, 0.25) is 0 Å². The van der Waals surface area contributed by atoms with Crippen LogP contribution >= 0.6 is 0 Å². The lowest BCUT2D eigenvalue weighted by atomic mass is 9.77. The summed E-state index contributed by atoms with van der Waals surface area (Å²) in [5.41, 5.74) is -0.0254. The van der Waals surface area contributed by atoms with Gasteiger partial charge in [0.05, 0.1) is 6.10 Å². The first-order chi connectivity index (χ1) is 8.12. The Labute approximate surface area is 106 Å². The normalized spacial score (nSPS) is 27.0. The molecule has 2 aliphatic rings. The third kappa shape index (κ3) is 3.03. The van der Waals surface area contributed by atoms with E-state index in [2.05, 4.69) is 18.7 Å². The minimum Gasteiger partial charge on any atom is -0.391 e. The molecule has 2 nitrogen and oxygen atoms in total. The Hall–Kier alpha value is -0.0800. The van der Waals surface area contributed by atoms with Crippen LogP contribution in [-0.2, 0) is 0 Å². The molecular weight excluding hydrogens is 210 g/mol. The van der Waals surface area contributed by atoms with E-state index in [9.17, 15) is 5.11 Å². The quantitative estimate of drug-likeness (QED) is 0.817. The average Bonchev–Trinajstić information content (AvgIpc) is 2.40. The van der Waals surface area contributed by atoms with Crippen LogP contribution < -0.4 is 0 Å². The minimum atomic E-state index is -0.138. The summed E-state index contributed by atoms with van der Waals surface area (Å²) in [4.78, 5) is 2.52. The summed E-state index contributed by atoms with van der Waals surface area (Å²) in [6.45, 7) is 6.85. The summed E-state index contributed by atoms with van der Waals surface area (Å²) in [6.07, 6.45) is 10.3. The molecule has 1 saturated heterocycles. The summed E-state index contributed by atoms with van der Waals surface area (Å²) in [5, 5.41) is 10.7. The Morgan fingerprint density at radius 1 is 0.941 bits per heavy atom. The van der Waals surface area contributed by atoms with E-state index in [4.69, 9.17) is 0 Å². The van der Waals surface area contributed by atoms with Crippen LogP contribution in [0, 0.1) is 5.92 Å². The maximum atomic E-state index is 10.7. The van der Waals surface area contributed by atoms with E-state index in [1.807, 2.05) is 0 Å². The molecule has 1 aliphatic heterocycles. The van der Waals surface area contributed by atoms with Gasteiger partial charge in [0.1, 0.15) is 0 Å². The van der Waals surface area contributed by atoms with Crippen molar-refractivity contribution < 1.29 is 5.11 Å². The number of likely N-dealkylation sites (tertiary alicyclic amines) is 1. The summed E-state index contributed by atoms with van der Waals surface area (Å²) in [6, 6.07) is 0. The first-order valence-corrected chi connectivity index (χ1v) is 7.55. The molecule has 0 aromatic heterocycles. The number of rotatable bonds is 3. The van der Waals surface area contributed by atoms with Crippen LogP contribution in [0.1, 0.15) is 65.2 Å². The molecule has 1 atom stereocenters. The molecule has 1 saturated carbocycles. The molecule has 0 aromatic carbocycles. The topological polar surface area (TPSA) is 23.5 Å². The Morgan fingerprint density at radius 2 is 1.47 bits per heavy atom. The highest BCUT2D eigenvalue weighted by Gasteiger charge is 2.39. The van der Waals surface area contributed by atoms with E-state index in [1.54, 1.807) is 0 Å². The van der Waals surface area contributed by atoms with E-state index in [1.165, 1.54) is 64.5 Å². The van der Waals surface area contributed by atoms with Crippen molar-refractivity contribution in [2.75, 3.05) is 13.1 Å². The second-order valence-electron chi connectivity index (χ2n) is 6.54. The van der Waals surface area contributed by atoms with Gasteiger partial charge < -0.3 is 5.11 Å². The second-order valence-corrected chi connectivity index (χ2v) is 6.54. The molecule has 0 amide bonds. The monoisotopic (exact) mass is 239 g/mol. The van der Waals surface area contributed by atoms with Gasteiger partial charge in [-0.3, -0.25) is 4.90 Å². The van der Waals surface area contributed by atoms with Gasteiger partial charge in [-0.2, -0.15) is 0 Å². The van der Waals surface area contributed by atoms with E-state index in [0.717, 1.165) is 0 Å². The van der Waals surface area contributed by atoms with Crippen molar-refractivity contribution in [3.8, 4) is 0 Å². The van der Waals surface area contributed by atoms with E-state index >= 15 is 0 Å². The van der Waals surface area contributed by atoms with Gasteiger partial charge >= 0.3 is 0 Å². The molecule has 1 N–H and O–H groups in total. The van der Waals surface area contributed by atoms with Crippen LogP contribution in [0.15, 0.2) is 0 Å². The van der Waals surface area contributed by atoms with E-state index in [-0.39, 0.29) is 11.6 Å². The predicted molar refractivity (Wildman–Crippen MR) is 72.1 cm³/mol. The highest BCUT2D eigenvalue weighted by atomic mass is 16.3. The lowest BCUT2D eigenvalue weighted by molar-refractivity contribution is -0.0569. The molecular formula is C15H29NO. The fourth-order valence-corrected chi connectivity index (χ4v) is 3.68. The van der Waals surface area contributed by atoms with Gasteiger partial charge in [-0.1, -0.05) is 25.7 Å². The third-order valence-corrected chi connectivity index (χ3v) is 4.99. The molecule has 2 fully saturated rings. The molecule has 2 rings (SSSR count). The van der Waals surface area contributed by atoms with Gasteiger partial charge in [0.15, 0.2) is 0 Å². The van der Waals surface area contributed by atoms with Crippen LogP contribution in [0.4, 0.5) is 0 Å². The number of hydrogen-bond acceptors (Lipinski definition) is 2. The van der Waals surface area contributed by atoms with Gasteiger partial charge in [0.25, 0.3) is 0 Å². The molecule has 0 spiro atoms. The van der Waals surface area contributed by atoms with Crippen LogP contribution in [0.3, 0.4) is 0 Å². The fraction of sp³-hybridized carbons (Fsp3) is 1.00. The lowest BCUT2D eigenvalue weighted by Gasteiger charge is -2.47. The molecule has 1 unspecified atom stereocenters. The Kier molecular flexibility index (Phi) is 4.48. The van der Waals surface area contributed by atoms with E-state index < -0.39 is 0 Å². The SMILES string of the molecule is CC(C)(C(O)C1CCCCC1)N1CCCCC1. The van der Waals surface area contributed by atoms with Gasteiger partial charge in [-0.15, -0.1) is 0 Å². The van der Waals surface area contributed by atoms with Crippen LogP contribution in [0.5, 0.6) is 0 Å². The molecule has 2 heteroatoms. The zero-order valence-corrected chi connectivity index (χ0v) is 11.6. The van der Waals surface area contributed by atoms with Crippen LogP contribution in [0.25, 0.3) is 0 Å². The average molecular weight is 239 g/mol. The van der Waals surface area contributed by atoms with Gasteiger partial charge in [0, 0.05) is 5.54 Å².